The molecule has 6 nitrogen and oxygen atoms in total. The van der Waals surface area contributed by atoms with Crippen LogP contribution in [0.25, 0.3) is 0 Å². The molecule has 0 aromatic heterocycles. The van der Waals surface area contributed by atoms with Crippen molar-refractivity contribution in [3.63, 3.8) is 0 Å². The Morgan fingerprint density at radius 2 is 1.93 bits per heavy atom. The zero-order valence-electron chi connectivity index (χ0n) is 15.3. The third-order valence-corrected chi connectivity index (χ3v) is 4.54. The van der Waals surface area contributed by atoms with Crippen LogP contribution >= 0.6 is 0 Å². The molecule has 142 valence electrons. The standard InChI is InChI=1S/C21H24N2O4/c1-2-26-20(24)19(12-16-13-22-18-11-7-6-10-17(16)18)23-21(25)27-14-15-8-4-3-5-9-15/h3-11,13,17-19,22H,2,12,14H2,1H3,(H,23,25)/t17?,18?,19-/m0/s1. The molecule has 0 radical (unpaired) electrons. The molecule has 1 aliphatic carbocycles. The van der Waals surface area contributed by atoms with E-state index in [1.54, 1.807) is 6.92 Å². The lowest BCUT2D eigenvalue weighted by Crippen LogP contribution is -2.42. The monoisotopic (exact) mass is 368 g/mol. The van der Waals surface area contributed by atoms with Gasteiger partial charge < -0.3 is 20.1 Å². The van der Waals surface area contributed by atoms with Gasteiger partial charge in [0.2, 0.25) is 0 Å². The van der Waals surface area contributed by atoms with Crippen LogP contribution in [0.3, 0.4) is 0 Å². The van der Waals surface area contributed by atoms with Crippen LogP contribution < -0.4 is 10.6 Å². The zero-order chi connectivity index (χ0) is 19.1. The molecule has 1 aromatic carbocycles. The normalized spacial score (nSPS) is 20.9. The minimum absolute atomic E-state index is 0.144. The third-order valence-electron chi connectivity index (χ3n) is 4.54. The van der Waals surface area contributed by atoms with E-state index in [0.29, 0.717) is 6.42 Å². The molecule has 3 atom stereocenters. The van der Waals surface area contributed by atoms with E-state index in [-0.39, 0.29) is 25.2 Å². The summed E-state index contributed by atoms with van der Waals surface area (Å²) in [5, 5.41) is 5.94. The van der Waals surface area contributed by atoms with Crippen LogP contribution in [0.5, 0.6) is 0 Å². The fraction of sp³-hybridized carbons (Fsp3) is 0.333. The summed E-state index contributed by atoms with van der Waals surface area (Å²) in [5.74, 6) is -0.289. The van der Waals surface area contributed by atoms with Crippen LogP contribution in [0.1, 0.15) is 18.9 Å². The number of rotatable bonds is 7. The van der Waals surface area contributed by atoms with Gasteiger partial charge in [0.1, 0.15) is 12.6 Å². The van der Waals surface area contributed by atoms with Crippen molar-refractivity contribution in [3.05, 3.63) is 72.0 Å². The molecule has 27 heavy (non-hydrogen) atoms. The Labute approximate surface area is 158 Å². The van der Waals surface area contributed by atoms with Gasteiger partial charge in [-0.05, 0) is 24.3 Å². The first kappa shape index (κ1) is 18.8. The van der Waals surface area contributed by atoms with Gasteiger partial charge in [-0.25, -0.2) is 9.59 Å². The van der Waals surface area contributed by atoms with Gasteiger partial charge in [-0.3, -0.25) is 0 Å². The largest absolute Gasteiger partial charge is 0.464 e. The topological polar surface area (TPSA) is 76.7 Å². The molecule has 1 heterocycles. The van der Waals surface area contributed by atoms with E-state index < -0.39 is 18.1 Å². The molecule has 1 amide bonds. The van der Waals surface area contributed by atoms with E-state index in [1.165, 1.54) is 0 Å². The molecule has 3 rings (SSSR count). The molecule has 1 aliphatic heterocycles. The van der Waals surface area contributed by atoms with Gasteiger partial charge in [-0.15, -0.1) is 0 Å². The Bertz CT molecular complexity index is 755. The summed E-state index contributed by atoms with van der Waals surface area (Å²) < 4.78 is 10.4. The fourth-order valence-corrected chi connectivity index (χ4v) is 3.19. The molecule has 0 fully saturated rings. The molecule has 2 N–H and O–H groups in total. The van der Waals surface area contributed by atoms with Crippen molar-refractivity contribution < 1.29 is 19.1 Å². The Morgan fingerprint density at radius 1 is 1.15 bits per heavy atom. The summed E-state index contributed by atoms with van der Waals surface area (Å²) in [4.78, 5) is 24.5. The van der Waals surface area contributed by atoms with Crippen molar-refractivity contribution in [2.45, 2.75) is 32.0 Å². The molecular weight excluding hydrogens is 344 g/mol. The summed E-state index contributed by atoms with van der Waals surface area (Å²) >= 11 is 0. The Balaban J connectivity index is 1.59. The first-order chi connectivity index (χ1) is 13.2. The number of alkyl carbamates (subject to hydrolysis) is 1. The number of esters is 1. The minimum atomic E-state index is -0.792. The number of ether oxygens (including phenoxy) is 2. The van der Waals surface area contributed by atoms with Gasteiger partial charge in [-0.2, -0.15) is 0 Å². The molecule has 0 saturated heterocycles. The predicted molar refractivity (Wildman–Crippen MR) is 102 cm³/mol. The van der Waals surface area contributed by atoms with Gasteiger partial charge >= 0.3 is 12.1 Å². The van der Waals surface area contributed by atoms with E-state index in [2.05, 4.69) is 22.8 Å². The molecular formula is C21H24N2O4. The maximum atomic E-state index is 12.3. The lowest BCUT2D eigenvalue weighted by molar-refractivity contribution is -0.145. The van der Waals surface area contributed by atoms with Gasteiger partial charge in [0, 0.05) is 12.3 Å². The molecule has 6 heteroatoms. The van der Waals surface area contributed by atoms with Crippen LogP contribution in [0.2, 0.25) is 0 Å². The highest BCUT2D eigenvalue weighted by atomic mass is 16.6. The number of carbonyl (C=O) groups is 2. The van der Waals surface area contributed by atoms with Gasteiger partial charge in [0.05, 0.1) is 12.6 Å². The zero-order valence-corrected chi connectivity index (χ0v) is 15.3. The summed E-state index contributed by atoms with van der Waals surface area (Å²) in [6, 6.07) is 8.78. The number of fused-ring (bicyclic) bond motifs is 1. The number of nitrogens with one attached hydrogen (secondary N) is 2. The smallest absolute Gasteiger partial charge is 0.408 e. The van der Waals surface area contributed by atoms with Crippen molar-refractivity contribution in [1.82, 2.24) is 10.6 Å². The first-order valence-electron chi connectivity index (χ1n) is 9.11. The van der Waals surface area contributed by atoms with E-state index in [4.69, 9.17) is 9.47 Å². The van der Waals surface area contributed by atoms with Gasteiger partial charge in [-0.1, -0.05) is 54.6 Å². The van der Waals surface area contributed by atoms with Gasteiger partial charge in [0.15, 0.2) is 0 Å². The predicted octanol–water partition coefficient (Wildman–Crippen LogP) is 2.83. The van der Waals surface area contributed by atoms with Crippen molar-refractivity contribution in [1.29, 1.82) is 0 Å². The van der Waals surface area contributed by atoms with E-state index in [1.807, 2.05) is 48.7 Å². The summed E-state index contributed by atoms with van der Waals surface area (Å²) in [6.07, 6.45) is 9.79. The molecule has 0 saturated carbocycles. The van der Waals surface area contributed by atoms with Gasteiger partial charge in [0.25, 0.3) is 0 Å². The van der Waals surface area contributed by atoms with Crippen LogP contribution in [-0.2, 0) is 20.9 Å². The molecule has 2 unspecified atom stereocenters. The number of allylic oxidation sites excluding steroid dienone is 2. The highest BCUT2D eigenvalue weighted by Crippen LogP contribution is 2.29. The van der Waals surface area contributed by atoms with Crippen LogP contribution in [-0.4, -0.2) is 30.8 Å². The second kappa shape index (κ2) is 9.07. The molecule has 2 aliphatic rings. The number of hydrogen-bond acceptors (Lipinski definition) is 5. The molecule has 0 spiro atoms. The minimum Gasteiger partial charge on any atom is -0.464 e. The van der Waals surface area contributed by atoms with Crippen LogP contribution in [0.15, 0.2) is 66.4 Å². The SMILES string of the molecule is CCOC(=O)[C@H](CC1=CNC2C=CC=CC12)NC(=O)OCc1ccccc1. The van der Waals surface area contributed by atoms with E-state index in [0.717, 1.165) is 11.1 Å². The summed E-state index contributed by atoms with van der Waals surface area (Å²) in [5.41, 5.74) is 1.92. The summed E-state index contributed by atoms with van der Waals surface area (Å²) in [7, 11) is 0. The van der Waals surface area contributed by atoms with Crippen LogP contribution in [0.4, 0.5) is 4.79 Å². The quantitative estimate of drug-likeness (QED) is 0.724. The maximum absolute atomic E-state index is 12.3. The molecule has 1 aromatic rings. The maximum Gasteiger partial charge on any atom is 0.408 e. The Hall–Kier alpha value is -3.02. The highest BCUT2D eigenvalue weighted by molar-refractivity contribution is 5.81. The second-order valence-corrected chi connectivity index (χ2v) is 6.42. The number of amides is 1. The summed E-state index contributed by atoms with van der Waals surface area (Å²) in [6.45, 7) is 2.14. The van der Waals surface area contributed by atoms with E-state index >= 15 is 0 Å². The molecule has 0 bridgehead atoms. The first-order valence-corrected chi connectivity index (χ1v) is 9.11. The van der Waals surface area contributed by atoms with Crippen molar-refractivity contribution in [2.24, 2.45) is 5.92 Å². The Kier molecular flexibility index (Phi) is 6.30. The van der Waals surface area contributed by atoms with Crippen molar-refractivity contribution >= 4 is 12.1 Å². The number of carbonyl (C=O) groups excluding carboxylic acids is 2. The average Bonchev–Trinajstić information content (AvgIpc) is 3.10. The van der Waals surface area contributed by atoms with E-state index in [9.17, 15) is 9.59 Å². The average molecular weight is 368 g/mol. The van der Waals surface area contributed by atoms with Crippen molar-refractivity contribution in [3.8, 4) is 0 Å². The Morgan fingerprint density at radius 3 is 2.70 bits per heavy atom. The lowest BCUT2D eigenvalue weighted by atomic mass is 9.88. The number of benzene rings is 1. The third kappa shape index (κ3) is 5.00. The highest BCUT2D eigenvalue weighted by Gasteiger charge is 2.32. The van der Waals surface area contributed by atoms with Crippen LogP contribution in [0, 0.1) is 5.92 Å². The van der Waals surface area contributed by atoms with Crippen molar-refractivity contribution in [2.75, 3.05) is 6.61 Å². The number of hydrogen-bond donors (Lipinski definition) is 2. The second-order valence-electron chi connectivity index (χ2n) is 6.42. The fourth-order valence-electron chi connectivity index (χ4n) is 3.19. The lowest BCUT2D eigenvalue weighted by Gasteiger charge is -2.22.